The zero-order chi connectivity index (χ0) is 7.82. The van der Waals surface area contributed by atoms with Crippen LogP contribution >= 0.6 is 34.8 Å². The maximum absolute atomic E-state index is 2.23. The van der Waals surface area contributed by atoms with Crippen LogP contribution in [0.1, 0.15) is 20.8 Å². The number of rotatable bonds is 6. The Morgan fingerprint density at radius 1 is 0.800 bits per heavy atom. The third-order valence-corrected chi connectivity index (χ3v) is 5.17. The minimum atomic E-state index is 0.778. The van der Waals surface area contributed by atoms with Gasteiger partial charge in [-0.2, -0.15) is 34.8 Å². The molecule has 0 saturated carbocycles. The third kappa shape index (κ3) is 5.87. The lowest BCUT2D eigenvalue weighted by Gasteiger charge is -2.07. The summed E-state index contributed by atoms with van der Waals surface area (Å²) in [6.07, 6.45) is 0. The van der Waals surface area contributed by atoms with E-state index in [4.69, 9.17) is 0 Å². The van der Waals surface area contributed by atoms with Crippen molar-refractivity contribution in [2.24, 2.45) is 0 Å². The summed E-state index contributed by atoms with van der Waals surface area (Å²) in [6, 6.07) is 0. The quantitative estimate of drug-likeness (QED) is 0.596. The van der Waals surface area contributed by atoms with Crippen LogP contribution in [0.4, 0.5) is 0 Å². The van der Waals surface area contributed by atoms with E-state index in [2.05, 4.69) is 55.6 Å². The van der Waals surface area contributed by atoms with Crippen molar-refractivity contribution < 1.29 is 0 Å². The molecule has 0 nitrogen and oxygen atoms in total. The first-order valence-electron chi connectivity index (χ1n) is 3.69. The monoisotopic (exact) mass is 194 g/mol. The van der Waals surface area contributed by atoms with Crippen molar-refractivity contribution in [1.29, 1.82) is 0 Å². The fraction of sp³-hybridized carbons (Fsp3) is 1.00. The number of hydrogen-bond acceptors (Lipinski definition) is 3. The third-order valence-electron chi connectivity index (χ3n) is 0.908. The van der Waals surface area contributed by atoms with E-state index in [1.54, 1.807) is 0 Å². The molecule has 0 fully saturated rings. The van der Waals surface area contributed by atoms with Crippen molar-refractivity contribution in [1.82, 2.24) is 0 Å². The molecule has 0 bridgehead atoms. The lowest BCUT2D eigenvalue weighted by molar-refractivity contribution is 1.53. The Hall–Kier alpha value is 1.11. The minimum Gasteiger partial charge on any atom is -0.184 e. The molecule has 0 spiro atoms. The lowest BCUT2D eigenvalue weighted by Crippen LogP contribution is -1.98. The molecule has 0 aromatic heterocycles. The zero-order valence-electron chi connectivity index (χ0n) is 6.92. The summed E-state index contributed by atoms with van der Waals surface area (Å²) in [5.74, 6) is 3.72. The van der Waals surface area contributed by atoms with Gasteiger partial charge < -0.3 is 0 Å². The normalized spacial score (nSPS) is 9.90. The Kier molecular flexibility index (Phi) is 9.13. The van der Waals surface area contributed by atoms with Crippen molar-refractivity contribution in [2.75, 3.05) is 17.3 Å². The van der Waals surface area contributed by atoms with Crippen LogP contribution in [0.15, 0.2) is 0 Å². The average Bonchev–Trinajstić information content (AvgIpc) is 1.90. The van der Waals surface area contributed by atoms with Gasteiger partial charge in [0, 0.05) is 0 Å². The minimum absolute atomic E-state index is 0.778. The van der Waals surface area contributed by atoms with E-state index in [1.165, 1.54) is 17.3 Å². The summed E-state index contributed by atoms with van der Waals surface area (Å²) >= 11 is 6.15. The van der Waals surface area contributed by atoms with Gasteiger partial charge in [-0.15, -0.1) is 0 Å². The second-order valence-corrected chi connectivity index (χ2v) is 6.70. The average molecular weight is 194 g/mol. The summed E-state index contributed by atoms with van der Waals surface area (Å²) in [7, 11) is 0. The van der Waals surface area contributed by atoms with Crippen LogP contribution in [0.3, 0.4) is 0 Å². The molecule has 0 aliphatic carbocycles. The molecule has 0 saturated heterocycles. The summed E-state index contributed by atoms with van der Waals surface area (Å²) in [5, 5.41) is 0. The highest BCUT2D eigenvalue weighted by molar-refractivity contribution is 8.76. The van der Waals surface area contributed by atoms with Crippen LogP contribution < -0.4 is 0 Å². The Labute approximate surface area is 77.5 Å². The van der Waals surface area contributed by atoms with E-state index in [1.807, 2.05) is 0 Å². The van der Waals surface area contributed by atoms with E-state index in [9.17, 15) is 0 Å². The zero-order valence-corrected chi connectivity index (χ0v) is 9.37. The van der Waals surface area contributed by atoms with Crippen molar-refractivity contribution in [3.8, 4) is 0 Å². The fourth-order valence-corrected chi connectivity index (χ4v) is 4.97. The first-order chi connectivity index (χ1) is 4.85. The molecule has 0 aromatic carbocycles. The molecule has 60 valence electrons. The molecule has 0 unspecified atom stereocenters. The molecule has 0 aliphatic heterocycles. The molecule has 0 aromatic rings. The van der Waals surface area contributed by atoms with Gasteiger partial charge in [0.25, 0.3) is 0 Å². The maximum Gasteiger partial charge on any atom is 0.341 e. The Morgan fingerprint density at radius 3 is 1.30 bits per heavy atom. The van der Waals surface area contributed by atoms with Gasteiger partial charge in [0.2, 0.25) is 0 Å². The second kappa shape index (κ2) is 8.21. The topological polar surface area (TPSA) is 0 Å². The van der Waals surface area contributed by atoms with Crippen LogP contribution in [0.5, 0.6) is 0 Å². The van der Waals surface area contributed by atoms with Crippen molar-refractivity contribution in [3.63, 3.8) is 0 Å². The fourth-order valence-electron chi connectivity index (χ4n) is 0.553. The SMILES string of the molecule is CCSB(SCC)SCC. The van der Waals surface area contributed by atoms with Gasteiger partial charge in [0.15, 0.2) is 0 Å². The molecule has 0 aliphatic rings. The molecular weight excluding hydrogens is 179 g/mol. The van der Waals surface area contributed by atoms with E-state index < -0.39 is 0 Å². The van der Waals surface area contributed by atoms with Gasteiger partial charge in [0.1, 0.15) is 0 Å². The highest BCUT2D eigenvalue weighted by atomic mass is 32.3. The predicted molar refractivity (Wildman–Crippen MR) is 60.2 cm³/mol. The smallest absolute Gasteiger partial charge is 0.184 e. The van der Waals surface area contributed by atoms with Gasteiger partial charge in [-0.1, -0.05) is 20.8 Å². The van der Waals surface area contributed by atoms with Gasteiger partial charge in [-0.25, -0.2) is 0 Å². The largest absolute Gasteiger partial charge is 0.341 e. The Morgan fingerprint density at radius 2 is 1.10 bits per heavy atom. The first-order valence-corrected chi connectivity index (χ1v) is 6.84. The molecular formula is C6H15BS3. The summed E-state index contributed by atoms with van der Waals surface area (Å²) in [4.78, 5) is 0. The van der Waals surface area contributed by atoms with Crippen LogP contribution in [-0.4, -0.2) is 21.8 Å². The first kappa shape index (κ1) is 11.1. The molecule has 0 radical (unpaired) electrons. The van der Waals surface area contributed by atoms with Gasteiger partial charge >= 0.3 is 4.55 Å². The predicted octanol–water partition coefficient (Wildman–Crippen LogP) is 3.23. The lowest BCUT2D eigenvalue weighted by atomic mass is 10.7. The summed E-state index contributed by atoms with van der Waals surface area (Å²) < 4.78 is 0.778. The van der Waals surface area contributed by atoms with Gasteiger partial charge in [-0.05, 0) is 17.3 Å². The van der Waals surface area contributed by atoms with Crippen LogP contribution in [0, 0.1) is 0 Å². The molecule has 0 rings (SSSR count). The van der Waals surface area contributed by atoms with Gasteiger partial charge in [0.05, 0.1) is 0 Å². The van der Waals surface area contributed by atoms with Crippen molar-refractivity contribution >= 4 is 39.4 Å². The van der Waals surface area contributed by atoms with E-state index in [-0.39, 0.29) is 0 Å². The Bertz CT molecular complexity index is 55.7. The summed E-state index contributed by atoms with van der Waals surface area (Å²) in [6.45, 7) is 6.68. The molecule has 0 amide bonds. The van der Waals surface area contributed by atoms with Crippen molar-refractivity contribution in [3.05, 3.63) is 0 Å². The molecule has 4 heteroatoms. The standard InChI is InChI=1S/C6H15BS3/c1-4-8-7(9-5-2)10-6-3/h4-6H2,1-3H3. The maximum atomic E-state index is 2.23. The summed E-state index contributed by atoms with van der Waals surface area (Å²) in [5.41, 5.74) is 0. The molecule has 10 heavy (non-hydrogen) atoms. The van der Waals surface area contributed by atoms with E-state index in [0.717, 1.165) is 4.55 Å². The van der Waals surface area contributed by atoms with Crippen LogP contribution in [0.25, 0.3) is 0 Å². The highest BCUT2D eigenvalue weighted by Crippen LogP contribution is 2.28. The molecule has 0 atom stereocenters. The van der Waals surface area contributed by atoms with Crippen LogP contribution in [0.2, 0.25) is 0 Å². The number of hydrogen-bond donors (Lipinski definition) is 0. The highest BCUT2D eigenvalue weighted by Gasteiger charge is 2.12. The Balaban J connectivity index is 3.30. The van der Waals surface area contributed by atoms with Gasteiger partial charge in [-0.3, -0.25) is 0 Å². The van der Waals surface area contributed by atoms with E-state index >= 15 is 0 Å². The van der Waals surface area contributed by atoms with E-state index in [0.29, 0.717) is 0 Å². The molecule has 0 heterocycles. The second-order valence-electron chi connectivity index (χ2n) is 1.65. The van der Waals surface area contributed by atoms with Crippen LogP contribution in [-0.2, 0) is 0 Å². The van der Waals surface area contributed by atoms with Crippen molar-refractivity contribution in [2.45, 2.75) is 20.8 Å². The molecule has 0 N–H and O–H groups in total.